The minimum Gasteiger partial charge on any atom is -0.299 e. The summed E-state index contributed by atoms with van der Waals surface area (Å²) in [5.74, 6) is 0.559. The van der Waals surface area contributed by atoms with E-state index in [9.17, 15) is 4.79 Å². The highest BCUT2D eigenvalue weighted by atomic mass is 16.7. The number of hydrogen-bond acceptors (Lipinski definition) is 2. The fourth-order valence-electron chi connectivity index (χ4n) is 3.81. The summed E-state index contributed by atoms with van der Waals surface area (Å²) in [5, 5.41) is 0. The summed E-state index contributed by atoms with van der Waals surface area (Å²) in [6.45, 7) is 4.03. The number of hydrogen-bond donors (Lipinski definition) is 0. The molecule has 0 N–H and O–H groups in total. The fraction of sp³-hybridized carbons (Fsp3) is 0.909. The van der Waals surface area contributed by atoms with Crippen molar-refractivity contribution in [1.82, 2.24) is 0 Å². The molecule has 78 valence electrons. The van der Waals surface area contributed by atoms with Crippen LogP contribution in [-0.2, 0) is 9.63 Å². The van der Waals surface area contributed by atoms with Crippen LogP contribution in [0.4, 0.5) is 0 Å². The summed E-state index contributed by atoms with van der Waals surface area (Å²) >= 11 is 0. The van der Waals surface area contributed by atoms with Crippen LogP contribution in [0.2, 0.25) is 0 Å². The van der Waals surface area contributed by atoms with E-state index in [0.717, 1.165) is 24.2 Å². The van der Waals surface area contributed by atoms with Gasteiger partial charge in [-0.1, -0.05) is 0 Å². The van der Waals surface area contributed by atoms with Crippen LogP contribution in [0.15, 0.2) is 0 Å². The molecule has 3 fully saturated rings. The number of carbonyl (C=O) groups is 1. The van der Waals surface area contributed by atoms with E-state index in [1.54, 1.807) is 6.92 Å². The van der Waals surface area contributed by atoms with Crippen molar-refractivity contribution in [3.05, 3.63) is 0 Å². The summed E-state index contributed by atoms with van der Waals surface area (Å²) in [5.41, 5.74) is 0. The second-order valence-corrected chi connectivity index (χ2v) is 5.03. The molecule has 3 heterocycles. The van der Waals surface area contributed by atoms with Gasteiger partial charge in [0.2, 0.25) is 0 Å². The summed E-state index contributed by atoms with van der Waals surface area (Å²) in [7, 11) is 0. The van der Waals surface area contributed by atoms with Gasteiger partial charge in [-0.15, -0.1) is 0 Å². The highest BCUT2D eigenvalue weighted by molar-refractivity contribution is 5.79. The van der Waals surface area contributed by atoms with Crippen LogP contribution in [0.3, 0.4) is 0 Å². The molecule has 3 aliphatic rings. The third kappa shape index (κ3) is 0.971. The zero-order valence-corrected chi connectivity index (χ0v) is 8.74. The van der Waals surface area contributed by atoms with Gasteiger partial charge in [0.1, 0.15) is 36.9 Å². The monoisotopic (exact) mass is 196 g/mol. The highest BCUT2D eigenvalue weighted by Crippen LogP contribution is 2.47. The van der Waals surface area contributed by atoms with Crippen LogP contribution in [0.1, 0.15) is 32.6 Å². The second-order valence-electron chi connectivity index (χ2n) is 5.03. The van der Waals surface area contributed by atoms with Crippen LogP contribution >= 0.6 is 0 Å². The first-order valence-corrected chi connectivity index (χ1v) is 5.78. The Bertz CT molecular complexity index is 278. The van der Waals surface area contributed by atoms with Crippen molar-refractivity contribution in [2.75, 3.05) is 13.1 Å². The molecule has 3 saturated heterocycles. The van der Waals surface area contributed by atoms with E-state index in [4.69, 9.17) is 4.84 Å². The van der Waals surface area contributed by atoms with E-state index >= 15 is 0 Å². The minimum atomic E-state index is 0.208. The Labute approximate surface area is 84.6 Å². The number of hydroxylamine groups is 3. The molecule has 3 heteroatoms. The number of Topliss-reactive ketones (excluding diaryl/α,β-unsaturated/α-hetero) is 1. The first-order chi connectivity index (χ1) is 6.73. The SMILES string of the molecule is CC(=O)C1[C@@H]2CCC[N@@+]3(CCC[C@@H]13)O2. The molecule has 0 aliphatic carbocycles. The lowest BCUT2D eigenvalue weighted by Crippen LogP contribution is -2.49. The molecule has 0 radical (unpaired) electrons. The third-order valence-corrected chi connectivity index (χ3v) is 4.30. The molecule has 1 unspecified atom stereocenters. The second kappa shape index (κ2) is 2.80. The van der Waals surface area contributed by atoms with Gasteiger partial charge in [-0.3, -0.25) is 4.79 Å². The Kier molecular flexibility index (Phi) is 1.77. The first kappa shape index (κ1) is 8.86. The quantitative estimate of drug-likeness (QED) is 0.590. The number of rotatable bonds is 1. The van der Waals surface area contributed by atoms with Crippen LogP contribution in [0, 0.1) is 5.92 Å². The zero-order chi connectivity index (χ0) is 9.76. The highest BCUT2D eigenvalue weighted by Gasteiger charge is 2.61. The summed E-state index contributed by atoms with van der Waals surface area (Å²) in [6, 6.07) is 0.500. The maximum atomic E-state index is 11.6. The molecular weight excluding hydrogens is 178 g/mol. The zero-order valence-electron chi connectivity index (χ0n) is 8.74. The van der Waals surface area contributed by atoms with Crippen molar-refractivity contribution in [3.8, 4) is 0 Å². The molecule has 3 nitrogen and oxygen atoms in total. The molecule has 0 aromatic rings. The summed E-state index contributed by atoms with van der Waals surface area (Å²) in [6.07, 6.45) is 5.01. The Hall–Kier alpha value is -0.410. The molecule has 3 aliphatic heterocycles. The molecule has 0 aromatic heterocycles. The predicted octanol–water partition coefficient (Wildman–Crippen LogP) is 1.28. The smallest absolute Gasteiger partial charge is 0.141 e. The normalized spacial score (nSPS) is 50.5. The van der Waals surface area contributed by atoms with Gasteiger partial charge in [0.15, 0.2) is 0 Å². The van der Waals surface area contributed by atoms with Crippen molar-refractivity contribution in [1.29, 1.82) is 0 Å². The lowest BCUT2D eigenvalue weighted by molar-refractivity contribution is -1.11. The van der Waals surface area contributed by atoms with Crippen LogP contribution in [-0.4, -0.2) is 35.7 Å². The van der Waals surface area contributed by atoms with Crippen molar-refractivity contribution in [3.63, 3.8) is 0 Å². The van der Waals surface area contributed by atoms with E-state index in [0.29, 0.717) is 11.8 Å². The number of carbonyl (C=O) groups excluding carboxylic acids is 1. The molecular formula is C11H18NO2+. The van der Waals surface area contributed by atoms with Crippen molar-refractivity contribution in [2.45, 2.75) is 44.8 Å². The van der Waals surface area contributed by atoms with E-state index in [1.165, 1.54) is 19.3 Å². The number of ketones is 1. The van der Waals surface area contributed by atoms with Gasteiger partial charge in [-0.25, -0.2) is 0 Å². The van der Waals surface area contributed by atoms with Crippen LogP contribution in [0.25, 0.3) is 0 Å². The van der Waals surface area contributed by atoms with Crippen LogP contribution in [0.5, 0.6) is 0 Å². The van der Waals surface area contributed by atoms with Gasteiger partial charge in [0, 0.05) is 19.3 Å². The maximum absolute atomic E-state index is 11.6. The topological polar surface area (TPSA) is 26.3 Å². The first-order valence-electron chi connectivity index (χ1n) is 5.78. The van der Waals surface area contributed by atoms with Gasteiger partial charge in [-0.2, -0.15) is 9.48 Å². The number of quaternary nitrogens is 1. The van der Waals surface area contributed by atoms with Gasteiger partial charge < -0.3 is 0 Å². The minimum absolute atomic E-state index is 0.208. The van der Waals surface area contributed by atoms with Gasteiger partial charge in [0.05, 0.1) is 0 Å². The van der Waals surface area contributed by atoms with E-state index in [-0.39, 0.29) is 12.0 Å². The van der Waals surface area contributed by atoms with Crippen molar-refractivity contribution in [2.24, 2.45) is 5.92 Å². The predicted molar refractivity (Wildman–Crippen MR) is 51.3 cm³/mol. The Balaban J connectivity index is 1.97. The number of fused-ring (bicyclic) bond motifs is 1. The average Bonchev–Trinajstić information content (AvgIpc) is 2.57. The summed E-state index contributed by atoms with van der Waals surface area (Å²) < 4.78 is 0.828. The molecule has 14 heavy (non-hydrogen) atoms. The van der Waals surface area contributed by atoms with Crippen molar-refractivity contribution >= 4 is 5.78 Å². The lowest BCUT2D eigenvalue weighted by Gasteiger charge is -2.33. The summed E-state index contributed by atoms with van der Waals surface area (Å²) in [4.78, 5) is 17.7. The standard InChI is InChI=1S/C11H18NO2/c1-8(13)11-9-4-2-6-12(9)7-3-5-10(11)14-12/h9-11H,2-7H2,1H3/q+1/t9-,10-,11?,12+/m0/s1. The Morgan fingerprint density at radius 2 is 2.00 bits per heavy atom. The molecule has 2 bridgehead atoms. The molecule has 0 amide bonds. The molecule has 0 saturated carbocycles. The molecule has 0 aromatic carbocycles. The number of nitrogens with zero attached hydrogens (tertiary/aromatic N) is 1. The largest absolute Gasteiger partial charge is 0.299 e. The molecule has 1 spiro atoms. The average molecular weight is 196 g/mol. The Morgan fingerprint density at radius 1 is 1.29 bits per heavy atom. The molecule has 3 rings (SSSR count). The molecule has 4 atom stereocenters. The van der Waals surface area contributed by atoms with Crippen LogP contribution < -0.4 is 0 Å². The van der Waals surface area contributed by atoms with E-state index in [1.807, 2.05) is 0 Å². The Morgan fingerprint density at radius 3 is 2.71 bits per heavy atom. The fourth-order valence-corrected chi connectivity index (χ4v) is 3.81. The van der Waals surface area contributed by atoms with Gasteiger partial charge >= 0.3 is 0 Å². The van der Waals surface area contributed by atoms with Gasteiger partial charge in [-0.05, 0) is 13.3 Å². The van der Waals surface area contributed by atoms with E-state index in [2.05, 4.69) is 0 Å². The van der Waals surface area contributed by atoms with Gasteiger partial charge in [0.25, 0.3) is 0 Å². The van der Waals surface area contributed by atoms with E-state index < -0.39 is 0 Å². The third-order valence-electron chi connectivity index (χ3n) is 4.30. The maximum Gasteiger partial charge on any atom is 0.141 e. The lowest BCUT2D eigenvalue weighted by atomic mass is 9.89. The van der Waals surface area contributed by atoms with Crippen molar-refractivity contribution < 1.29 is 14.3 Å².